The number of carbonyl (C=O) groups excluding carboxylic acids is 3. The largest absolute Gasteiger partial charge is 0.469 e. The van der Waals surface area contributed by atoms with E-state index in [2.05, 4.69) is 16.9 Å². The third-order valence-corrected chi connectivity index (χ3v) is 9.78. The number of Topliss-reactive ketones (excluding diaryl/α,β-unsaturated/α-hetero) is 2. The van der Waals surface area contributed by atoms with E-state index in [-0.39, 0.29) is 48.8 Å². The summed E-state index contributed by atoms with van der Waals surface area (Å²) in [5.41, 5.74) is 8.53. The van der Waals surface area contributed by atoms with Crippen molar-refractivity contribution >= 4 is 39.6 Å². The Morgan fingerprint density at radius 2 is 1.83 bits per heavy atom. The average molecular weight is 569 g/mol. The molecule has 218 valence electrons. The lowest BCUT2D eigenvalue weighted by molar-refractivity contribution is -0.140. The highest BCUT2D eigenvalue weighted by atomic mass is 16.5. The van der Waals surface area contributed by atoms with Crippen LogP contribution in [0.3, 0.4) is 0 Å². The number of aromatic nitrogens is 4. The highest BCUT2D eigenvalue weighted by molar-refractivity contribution is 6.13. The average Bonchev–Trinajstić information content (AvgIpc) is 3.71. The number of aryl methyl sites for hydroxylation is 2. The van der Waals surface area contributed by atoms with Crippen molar-refractivity contribution in [2.45, 2.75) is 84.2 Å². The highest BCUT2D eigenvalue weighted by Gasteiger charge is 2.41. The lowest BCUT2D eigenvalue weighted by Crippen LogP contribution is -2.27. The lowest BCUT2D eigenvalue weighted by Gasteiger charge is -2.19. The van der Waals surface area contributed by atoms with Crippen LogP contribution < -0.4 is 0 Å². The summed E-state index contributed by atoms with van der Waals surface area (Å²) in [5.74, 6) is -0.470. The molecule has 3 N–H and O–H groups in total. The van der Waals surface area contributed by atoms with Crippen molar-refractivity contribution in [3.63, 3.8) is 0 Å². The second kappa shape index (κ2) is 10.0. The molecule has 0 saturated heterocycles. The summed E-state index contributed by atoms with van der Waals surface area (Å²) in [4.78, 5) is 56.1. The van der Waals surface area contributed by atoms with Gasteiger partial charge < -0.3 is 19.8 Å². The molecule has 8 bridgehead atoms. The summed E-state index contributed by atoms with van der Waals surface area (Å²) < 4.78 is 4.93. The molecular formula is C33H36N4O5. The van der Waals surface area contributed by atoms with Crippen LogP contribution in [0.15, 0.2) is 18.2 Å². The van der Waals surface area contributed by atoms with Crippen molar-refractivity contribution in [1.29, 1.82) is 0 Å². The number of aliphatic hydroxyl groups excluding tert-OH is 1. The molecule has 0 spiro atoms. The molecule has 9 heteroatoms. The maximum Gasteiger partial charge on any atom is 0.305 e. The Labute approximate surface area is 243 Å². The zero-order chi connectivity index (χ0) is 30.1. The third kappa shape index (κ3) is 4.05. The van der Waals surface area contributed by atoms with E-state index in [0.29, 0.717) is 40.9 Å². The SMILES string of the molecule is CCC1(C)C(=O)c2cc3[nH]c(cc4nc(c5c6[nH]c(cc1n2)c(C)c6C(=O)C5)[C@@H](CCC(=O)OC)[C@@H]4C)c(C)c3CO. The van der Waals surface area contributed by atoms with E-state index in [1.165, 1.54) is 7.11 Å². The summed E-state index contributed by atoms with van der Waals surface area (Å²) in [6.45, 7) is 9.60. The Bertz CT molecular complexity index is 1850. The number of aliphatic hydroxyl groups is 1. The molecule has 1 aliphatic carbocycles. The zero-order valence-corrected chi connectivity index (χ0v) is 24.9. The summed E-state index contributed by atoms with van der Waals surface area (Å²) >= 11 is 0. The van der Waals surface area contributed by atoms with Gasteiger partial charge in [-0.2, -0.15) is 0 Å². The summed E-state index contributed by atoms with van der Waals surface area (Å²) in [6, 6.07) is 5.60. The molecule has 3 aromatic heterocycles. The van der Waals surface area contributed by atoms with Gasteiger partial charge >= 0.3 is 5.97 Å². The van der Waals surface area contributed by atoms with Gasteiger partial charge in [0, 0.05) is 63.6 Å². The molecule has 5 heterocycles. The Hall–Kier alpha value is -4.11. The number of H-pyrrole nitrogens is 2. The van der Waals surface area contributed by atoms with E-state index in [1.54, 1.807) is 6.07 Å². The van der Waals surface area contributed by atoms with Crippen LogP contribution >= 0.6 is 0 Å². The lowest BCUT2D eigenvalue weighted by atomic mass is 9.80. The molecule has 0 aromatic carbocycles. The summed E-state index contributed by atoms with van der Waals surface area (Å²) in [6.07, 6.45) is 1.56. The number of fused-ring (bicyclic) bond motifs is 8. The first-order chi connectivity index (χ1) is 20.0. The van der Waals surface area contributed by atoms with Crippen LogP contribution in [0.5, 0.6) is 0 Å². The van der Waals surface area contributed by atoms with Crippen molar-refractivity contribution in [3.05, 3.63) is 68.8 Å². The molecule has 3 aromatic rings. The molecule has 3 atom stereocenters. The third-order valence-electron chi connectivity index (χ3n) is 9.78. The quantitative estimate of drug-likeness (QED) is 0.343. The van der Waals surface area contributed by atoms with Crippen molar-refractivity contribution in [2.75, 3.05) is 7.11 Å². The topological polar surface area (TPSA) is 138 Å². The minimum Gasteiger partial charge on any atom is -0.469 e. The number of esters is 1. The predicted octanol–water partition coefficient (Wildman–Crippen LogP) is 5.55. The number of ether oxygens (including phenoxy) is 1. The van der Waals surface area contributed by atoms with E-state index in [0.717, 1.165) is 44.6 Å². The molecule has 0 radical (unpaired) electrons. The Balaban J connectivity index is 1.74. The van der Waals surface area contributed by atoms with Gasteiger partial charge in [-0.05, 0) is 62.9 Å². The van der Waals surface area contributed by atoms with E-state index >= 15 is 0 Å². The van der Waals surface area contributed by atoms with Gasteiger partial charge in [0.1, 0.15) is 5.69 Å². The summed E-state index contributed by atoms with van der Waals surface area (Å²) in [7, 11) is 1.39. The number of hydrogen-bond acceptors (Lipinski definition) is 7. The van der Waals surface area contributed by atoms with Crippen LogP contribution in [-0.4, -0.2) is 49.7 Å². The standard InChI is InChI=1S/C33H36N4O5/c1-7-33(5)27-13-23-17(4)29-26(39)10-19(31(29)37-23)30-18(8-9-28(40)42-6)15(2)22(36-30)11-21-16(3)20(14-38)24(34-21)12-25(35-27)32(33)41/h11-13,15,18,34,37-38H,7-10,14H2,1-6H3/t15-,18-,33?/m0/s1. The van der Waals surface area contributed by atoms with Crippen LogP contribution in [0.25, 0.3) is 22.1 Å². The zero-order valence-electron chi connectivity index (χ0n) is 24.9. The van der Waals surface area contributed by atoms with E-state index < -0.39 is 5.41 Å². The fraction of sp³-hybridized carbons (Fsp3) is 0.424. The van der Waals surface area contributed by atoms with Gasteiger partial charge in [0.15, 0.2) is 11.6 Å². The number of carbonyl (C=O) groups is 3. The fourth-order valence-electron chi connectivity index (χ4n) is 6.78. The van der Waals surface area contributed by atoms with Crippen molar-refractivity contribution in [2.24, 2.45) is 0 Å². The van der Waals surface area contributed by atoms with Crippen molar-refractivity contribution < 1.29 is 24.2 Å². The first-order valence-electron chi connectivity index (χ1n) is 14.5. The van der Waals surface area contributed by atoms with Gasteiger partial charge in [-0.1, -0.05) is 13.8 Å². The fourth-order valence-corrected chi connectivity index (χ4v) is 6.78. The Morgan fingerprint density at radius 1 is 1.10 bits per heavy atom. The van der Waals surface area contributed by atoms with Crippen molar-refractivity contribution in [1.82, 2.24) is 19.9 Å². The smallest absolute Gasteiger partial charge is 0.305 e. The van der Waals surface area contributed by atoms with Gasteiger partial charge in [-0.25, -0.2) is 4.98 Å². The van der Waals surface area contributed by atoms with Crippen LogP contribution in [0.2, 0.25) is 0 Å². The molecule has 0 amide bonds. The number of methoxy groups -OCH3 is 1. The Kier molecular flexibility index (Phi) is 6.68. The van der Waals surface area contributed by atoms with Gasteiger partial charge in [0.25, 0.3) is 0 Å². The number of ketones is 2. The maximum absolute atomic E-state index is 13.7. The number of hydrogen-bond donors (Lipinski definition) is 3. The maximum atomic E-state index is 13.7. The number of nitrogens with one attached hydrogen (secondary N) is 2. The van der Waals surface area contributed by atoms with E-state index in [4.69, 9.17) is 14.7 Å². The number of rotatable bonds is 5. The molecule has 6 rings (SSSR count). The number of aromatic amines is 2. The molecular weight excluding hydrogens is 532 g/mol. The second-order valence-electron chi connectivity index (χ2n) is 12.0. The van der Waals surface area contributed by atoms with Crippen LogP contribution in [0.1, 0.15) is 112 Å². The molecule has 42 heavy (non-hydrogen) atoms. The first kappa shape index (κ1) is 28.0. The summed E-state index contributed by atoms with van der Waals surface area (Å²) in [5, 5.41) is 10.3. The molecule has 3 aliphatic rings. The van der Waals surface area contributed by atoms with Gasteiger partial charge in [0.2, 0.25) is 0 Å². The Morgan fingerprint density at radius 3 is 2.52 bits per heavy atom. The molecule has 1 unspecified atom stereocenters. The molecule has 0 fully saturated rings. The minimum atomic E-state index is -0.832. The van der Waals surface area contributed by atoms with Gasteiger partial charge in [-0.3, -0.25) is 19.4 Å². The monoisotopic (exact) mass is 568 g/mol. The second-order valence-corrected chi connectivity index (χ2v) is 12.0. The van der Waals surface area contributed by atoms with E-state index in [1.807, 2.05) is 39.8 Å². The molecule has 9 nitrogen and oxygen atoms in total. The van der Waals surface area contributed by atoms with Gasteiger partial charge in [-0.15, -0.1) is 0 Å². The van der Waals surface area contributed by atoms with Gasteiger partial charge in [0.05, 0.1) is 36.0 Å². The predicted molar refractivity (Wildman–Crippen MR) is 159 cm³/mol. The van der Waals surface area contributed by atoms with E-state index in [9.17, 15) is 19.5 Å². The van der Waals surface area contributed by atoms with Crippen LogP contribution in [0.4, 0.5) is 0 Å². The van der Waals surface area contributed by atoms with Crippen LogP contribution in [0, 0.1) is 13.8 Å². The molecule has 2 aliphatic heterocycles. The molecule has 0 saturated carbocycles. The van der Waals surface area contributed by atoms with Crippen LogP contribution in [-0.2, 0) is 28.0 Å². The normalized spacial score (nSPS) is 21.3. The highest BCUT2D eigenvalue weighted by Crippen LogP contribution is 2.44. The number of nitrogens with zero attached hydrogens (tertiary/aromatic N) is 2. The van der Waals surface area contributed by atoms with Crippen molar-refractivity contribution in [3.8, 4) is 0 Å². The minimum absolute atomic E-state index is 0.0229. The first-order valence-corrected chi connectivity index (χ1v) is 14.5.